The average Bonchev–Trinajstić information content (AvgIpc) is 2.89. The summed E-state index contributed by atoms with van der Waals surface area (Å²) in [5.74, 6) is 0.154. The Morgan fingerprint density at radius 1 is 1.04 bits per heavy atom. The molecule has 0 spiro atoms. The molecule has 2 aromatic carbocycles. The number of hydrogen-bond donors (Lipinski definition) is 0. The van der Waals surface area contributed by atoms with Crippen molar-refractivity contribution in [1.82, 2.24) is 4.57 Å². The standard InChI is InChI=1S/C20H18FNOS/c1-14-12-19(15(2)22(14)17-6-4-3-5-7-17)20(23)13-24-18-10-8-16(21)9-11-18/h3-12H,13H2,1-2H3. The van der Waals surface area contributed by atoms with E-state index in [1.165, 1.54) is 23.9 Å². The molecule has 4 heteroatoms. The van der Waals surface area contributed by atoms with Crippen molar-refractivity contribution in [2.45, 2.75) is 18.7 Å². The summed E-state index contributed by atoms with van der Waals surface area (Å²) >= 11 is 1.43. The van der Waals surface area contributed by atoms with Crippen LogP contribution in [0, 0.1) is 19.7 Å². The molecule has 2 nitrogen and oxygen atoms in total. The molecule has 0 saturated heterocycles. The molecule has 0 fully saturated rings. The third-order valence-electron chi connectivity index (χ3n) is 3.93. The summed E-state index contributed by atoms with van der Waals surface area (Å²) < 4.78 is 15.0. The van der Waals surface area contributed by atoms with Crippen LogP contribution in [0.1, 0.15) is 21.7 Å². The Morgan fingerprint density at radius 2 is 1.71 bits per heavy atom. The minimum absolute atomic E-state index is 0.0830. The molecule has 0 N–H and O–H groups in total. The highest BCUT2D eigenvalue weighted by Crippen LogP contribution is 2.24. The lowest BCUT2D eigenvalue weighted by Crippen LogP contribution is -2.05. The number of nitrogens with zero attached hydrogens (tertiary/aromatic N) is 1. The monoisotopic (exact) mass is 339 g/mol. The fourth-order valence-corrected chi connectivity index (χ4v) is 3.56. The number of hydrogen-bond acceptors (Lipinski definition) is 2. The highest BCUT2D eigenvalue weighted by molar-refractivity contribution is 8.00. The molecule has 0 aliphatic rings. The molecule has 3 rings (SSSR count). The molecule has 1 heterocycles. The number of carbonyl (C=O) groups excluding carboxylic acids is 1. The van der Waals surface area contributed by atoms with Gasteiger partial charge in [0.15, 0.2) is 5.78 Å². The third kappa shape index (κ3) is 3.44. The van der Waals surface area contributed by atoms with Crippen LogP contribution >= 0.6 is 11.8 Å². The zero-order valence-corrected chi connectivity index (χ0v) is 14.4. The van der Waals surface area contributed by atoms with Gasteiger partial charge in [-0.05, 0) is 56.3 Å². The van der Waals surface area contributed by atoms with Gasteiger partial charge in [-0.2, -0.15) is 0 Å². The zero-order valence-electron chi connectivity index (χ0n) is 13.6. The first-order chi connectivity index (χ1) is 11.6. The number of ketones is 1. The maximum Gasteiger partial charge on any atom is 0.174 e. The predicted molar refractivity (Wildman–Crippen MR) is 96.7 cm³/mol. The number of benzene rings is 2. The molecular formula is C20H18FNOS. The number of Topliss-reactive ketones (excluding diaryl/α,β-unsaturated/α-hetero) is 1. The van der Waals surface area contributed by atoms with E-state index in [0.717, 1.165) is 27.5 Å². The number of aryl methyl sites for hydroxylation is 1. The summed E-state index contributed by atoms with van der Waals surface area (Å²) in [7, 11) is 0. The van der Waals surface area contributed by atoms with Gasteiger partial charge in [0.05, 0.1) is 5.75 Å². The van der Waals surface area contributed by atoms with Crippen molar-refractivity contribution in [3.63, 3.8) is 0 Å². The molecule has 0 unspecified atom stereocenters. The Balaban J connectivity index is 1.79. The molecule has 0 radical (unpaired) electrons. The second-order valence-electron chi connectivity index (χ2n) is 5.62. The molecule has 3 aromatic rings. The van der Waals surface area contributed by atoms with E-state index in [1.807, 2.05) is 50.2 Å². The fraction of sp³-hybridized carbons (Fsp3) is 0.150. The van der Waals surface area contributed by atoms with E-state index in [9.17, 15) is 9.18 Å². The molecular weight excluding hydrogens is 321 g/mol. The number of halogens is 1. The van der Waals surface area contributed by atoms with Gasteiger partial charge in [-0.1, -0.05) is 18.2 Å². The van der Waals surface area contributed by atoms with Crippen molar-refractivity contribution in [1.29, 1.82) is 0 Å². The summed E-state index contributed by atoms with van der Waals surface area (Å²) in [6.07, 6.45) is 0. The number of rotatable bonds is 5. The lowest BCUT2D eigenvalue weighted by molar-refractivity contribution is 0.102. The van der Waals surface area contributed by atoms with Crippen LogP contribution in [0.5, 0.6) is 0 Å². The number of para-hydroxylation sites is 1. The van der Waals surface area contributed by atoms with E-state index in [0.29, 0.717) is 5.75 Å². The molecule has 122 valence electrons. The van der Waals surface area contributed by atoms with E-state index in [2.05, 4.69) is 4.57 Å². The van der Waals surface area contributed by atoms with Gasteiger partial charge in [0.2, 0.25) is 0 Å². The van der Waals surface area contributed by atoms with Crippen LogP contribution in [0.15, 0.2) is 65.6 Å². The van der Waals surface area contributed by atoms with E-state index in [-0.39, 0.29) is 11.6 Å². The topological polar surface area (TPSA) is 22.0 Å². The maximum absolute atomic E-state index is 12.9. The van der Waals surface area contributed by atoms with Crippen molar-refractivity contribution < 1.29 is 9.18 Å². The molecule has 0 aliphatic carbocycles. The van der Waals surface area contributed by atoms with Gasteiger partial charge in [0.25, 0.3) is 0 Å². The van der Waals surface area contributed by atoms with Crippen molar-refractivity contribution in [2.24, 2.45) is 0 Å². The first kappa shape index (κ1) is 16.5. The van der Waals surface area contributed by atoms with Gasteiger partial charge in [-0.3, -0.25) is 4.79 Å². The van der Waals surface area contributed by atoms with E-state index in [4.69, 9.17) is 0 Å². The molecule has 0 amide bonds. The molecule has 0 aliphatic heterocycles. The summed E-state index contributed by atoms with van der Waals surface area (Å²) in [5, 5.41) is 0. The quantitative estimate of drug-likeness (QED) is 0.470. The Bertz CT molecular complexity index is 853. The van der Waals surface area contributed by atoms with Crippen LogP contribution in [0.25, 0.3) is 5.69 Å². The minimum atomic E-state index is -0.267. The normalized spacial score (nSPS) is 10.8. The largest absolute Gasteiger partial charge is 0.318 e. The second-order valence-corrected chi connectivity index (χ2v) is 6.67. The van der Waals surface area contributed by atoms with E-state index in [1.54, 1.807) is 12.1 Å². The summed E-state index contributed by atoms with van der Waals surface area (Å²) in [6.45, 7) is 3.97. The molecule has 0 bridgehead atoms. The van der Waals surface area contributed by atoms with E-state index < -0.39 is 0 Å². The third-order valence-corrected chi connectivity index (χ3v) is 4.94. The van der Waals surface area contributed by atoms with Crippen LogP contribution in [0.2, 0.25) is 0 Å². The number of carbonyl (C=O) groups is 1. The molecule has 0 saturated carbocycles. The Labute approximate surface area is 145 Å². The van der Waals surface area contributed by atoms with Crippen LogP contribution in [0.4, 0.5) is 4.39 Å². The van der Waals surface area contributed by atoms with Gasteiger partial charge in [0.1, 0.15) is 5.82 Å². The predicted octanol–water partition coefficient (Wildman–Crippen LogP) is 5.21. The van der Waals surface area contributed by atoms with Gasteiger partial charge < -0.3 is 4.57 Å². The van der Waals surface area contributed by atoms with Gasteiger partial charge >= 0.3 is 0 Å². The maximum atomic E-state index is 12.9. The highest BCUT2D eigenvalue weighted by atomic mass is 32.2. The Kier molecular flexibility index (Phi) is 4.86. The summed E-state index contributed by atoms with van der Waals surface area (Å²) in [6, 6.07) is 18.2. The summed E-state index contributed by atoms with van der Waals surface area (Å²) in [4.78, 5) is 13.5. The lowest BCUT2D eigenvalue weighted by atomic mass is 10.2. The fourth-order valence-electron chi connectivity index (χ4n) is 2.78. The summed E-state index contributed by atoms with van der Waals surface area (Å²) in [5.41, 5.74) is 3.78. The first-order valence-corrected chi connectivity index (χ1v) is 8.71. The molecule has 24 heavy (non-hydrogen) atoms. The smallest absolute Gasteiger partial charge is 0.174 e. The van der Waals surface area contributed by atoms with Crippen LogP contribution in [0.3, 0.4) is 0 Å². The van der Waals surface area contributed by atoms with Crippen molar-refractivity contribution in [3.05, 3.63) is 83.4 Å². The van der Waals surface area contributed by atoms with Crippen molar-refractivity contribution in [3.8, 4) is 5.69 Å². The first-order valence-electron chi connectivity index (χ1n) is 7.72. The SMILES string of the molecule is Cc1cc(C(=O)CSc2ccc(F)cc2)c(C)n1-c1ccccc1. The minimum Gasteiger partial charge on any atom is -0.318 e. The number of aromatic nitrogens is 1. The highest BCUT2D eigenvalue weighted by Gasteiger charge is 2.16. The zero-order chi connectivity index (χ0) is 17.1. The van der Waals surface area contributed by atoms with Crippen LogP contribution in [-0.4, -0.2) is 16.1 Å². The Hall–Kier alpha value is -2.33. The Morgan fingerprint density at radius 3 is 2.38 bits per heavy atom. The van der Waals surface area contributed by atoms with Crippen molar-refractivity contribution >= 4 is 17.5 Å². The average molecular weight is 339 g/mol. The van der Waals surface area contributed by atoms with Crippen LogP contribution < -0.4 is 0 Å². The molecule has 1 aromatic heterocycles. The lowest BCUT2D eigenvalue weighted by Gasteiger charge is -2.09. The van der Waals surface area contributed by atoms with Crippen molar-refractivity contribution in [2.75, 3.05) is 5.75 Å². The van der Waals surface area contributed by atoms with Gasteiger partial charge in [-0.15, -0.1) is 11.8 Å². The van der Waals surface area contributed by atoms with Gasteiger partial charge in [0, 0.05) is 27.5 Å². The van der Waals surface area contributed by atoms with Crippen LogP contribution in [-0.2, 0) is 0 Å². The van der Waals surface area contributed by atoms with E-state index >= 15 is 0 Å². The van der Waals surface area contributed by atoms with Gasteiger partial charge in [-0.25, -0.2) is 4.39 Å². The molecule has 0 atom stereocenters. The second kappa shape index (κ2) is 7.05. The number of thioether (sulfide) groups is 1.